The van der Waals surface area contributed by atoms with Crippen molar-refractivity contribution in [2.75, 3.05) is 19.8 Å². The maximum absolute atomic E-state index is 5.40. The summed E-state index contributed by atoms with van der Waals surface area (Å²) in [6, 6.07) is 0.775. The lowest BCUT2D eigenvalue weighted by Crippen LogP contribution is -2.38. The summed E-state index contributed by atoms with van der Waals surface area (Å²) in [6.07, 6.45) is 5.40. The first kappa shape index (κ1) is 11.4. The summed E-state index contributed by atoms with van der Waals surface area (Å²) in [5, 5.41) is 3.73. The normalized spacial score (nSPS) is 42.0. The van der Waals surface area contributed by atoms with Gasteiger partial charge in [-0.15, -0.1) is 0 Å². The first-order chi connectivity index (χ1) is 7.25. The van der Waals surface area contributed by atoms with Gasteiger partial charge in [0.05, 0.1) is 6.61 Å². The first-order valence-electron chi connectivity index (χ1n) is 6.57. The van der Waals surface area contributed by atoms with E-state index >= 15 is 0 Å². The van der Waals surface area contributed by atoms with Crippen LogP contribution in [0.25, 0.3) is 0 Å². The molecule has 1 aliphatic heterocycles. The van der Waals surface area contributed by atoms with Crippen LogP contribution in [0.3, 0.4) is 0 Å². The molecule has 1 saturated heterocycles. The van der Waals surface area contributed by atoms with Gasteiger partial charge in [0.15, 0.2) is 0 Å². The second kappa shape index (κ2) is 5.31. The molecule has 15 heavy (non-hydrogen) atoms. The van der Waals surface area contributed by atoms with E-state index in [2.05, 4.69) is 19.2 Å². The van der Waals surface area contributed by atoms with E-state index < -0.39 is 0 Å². The van der Waals surface area contributed by atoms with E-state index in [9.17, 15) is 0 Å². The molecule has 2 fully saturated rings. The van der Waals surface area contributed by atoms with Crippen LogP contribution in [0, 0.1) is 17.8 Å². The zero-order chi connectivity index (χ0) is 10.7. The summed E-state index contributed by atoms with van der Waals surface area (Å²) in [5.41, 5.74) is 0. The number of nitrogens with one attached hydrogen (secondary N) is 1. The number of rotatable bonds is 3. The molecule has 2 aliphatic rings. The Morgan fingerprint density at radius 2 is 2.00 bits per heavy atom. The van der Waals surface area contributed by atoms with Crippen molar-refractivity contribution >= 4 is 0 Å². The van der Waals surface area contributed by atoms with E-state index in [1.807, 2.05) is 0 Å². The minimum Gasteiger partial charge on any atom is -0.381 e. The van der Waals surface area contributed by atoms with Crippen LogP contribution in [0.1, 0.15) is 39.5 Å². The molecule has 1 N–H and O–H groups in total. The van der Waals surface area contributed by atoms with Crippen molar-refractivity contribution in [3.05, 3.63) is 0 Å². The Morgan fingerprint density at radius 3 is 2.67 bits per heavy atom. The van der Waals surface area contributed by atoms with Gasteiger partial charge in [0.1, 0.15) is 0 Å². The standard InChI is InChI=1S/C13H25NO/c1-10-3-4-13(7-11(10)2)14-8-12-5-6-15-9-12/h10-14H,3-9H2,1-2H3. The monoisotopic (exact) mass is 211 g/mol. The van der Waals surface area contributed by atoms with Crippen molar-refractivity contribution in [2.45, 2.75) is 45.6 Å². The molecule has 0 spiro atoms. The highest BCUT2D eigenvalue weighted by Gasteiger charge is 2.25. The van der Waals surface area contributed by atoms with Gasteiger partial charge in [0.25, 0.3) is 0 Å². The Labute approximate surface area is 93.8 Å². The molecule has 4 atom stereocenters. The van der Waals surface area contributed by atoms with Crippen LogP contribution in [0.4, 0.5) is 0 Å². The van der Waals surface area contributed by atoms with E-state index in [4.69, 9.17) is 4.74 Å². The number of hydrogen-bond donors (Lipinski definition) is 1. The van der Waals surface area contributed by atoms with Crippen molar-refractivity contribution in [3.63, 3.8) is 0 Å². The Morgan fingerprint density at radius 1 is 1.13 bits per heavy atom. The molecule has 0 bridgehead atoms. The van der Waals surface area contributed by atoms with Gasteiger partial charge in [-0.3, -0.25) is 0 Å². The van der Waals surface area contributed by atoms with Gasteiger partial charge in [0.2, 0.25) is 0 Å². The lowest BCUT2D eigenvalue weighted by atomic mass is 9.79. The fraction of sp³-hybridized carbons (Fsp3) is 1.00. The average Bonchev–Trinajstić information content (AvgIpc) is 2.73. The van der Waals surface area contributed by atoms with Gasteiger partial charge < -0.3 is 10.1 Å². The van der Waals surface area contributed by atoms with Crippen LogP contribution < -0.4 is 5.32 Å². The molecule has 0 radical (unpaired) electrons. The SMILES string of the molecule is CC1CCC(NCC2CCOC2)CC1C. The highest BCUT2D eigenvalue weighted by molar-refractivity contribution is 4.81. The molecule has 2 heteroatoms. The number of hydrogen-bond acceptors (Lipinski definition) is 2. The molecule has 0 aromatic heterocycles. The van der Waals surface area contributed by atoms with E-state index in [-0.39, 0.29) is 0 Å². The smallest absolute Gasteiger partial charge is 0.0507 e. The molecule has 0 aromatic rings. The average molecular weight is 211 g/mol. The molecule has 0 aromatic carbocycles. The summed E-state index contributed by atoms with van der Waals surface area (Å²) >= 11 is 0. The van der Waals surface area contributed by atoms with Crippen molar-refractivity contribution in [1.29, 1.82) is 0 Å². The van der Waals surface area contributed by atoms with Crippen LogP contribution in [0.15, 0.2) is 0 Å². The first-order valence-corrected chi connectivity index (χ1v) is 6.57. The third-order valence-corrected chi connectivity index (χ3v) is 4.32. The van der Waals surface area contributed by atoms with Crippen LogP contribution >= 0.6 is 0 Å². The van der Waals surface area contributed by atoms with Crippen molar-refractivity contribution in [3.8, 4) is 0 Å². The lowest BCUT2D eigenvalue weighted by molar-refractivity contribution is 0.180. The predicted octanol–water partition coefficient (Wildman–Crippen LogP) is 2.44. The van der Waals surface area contributed by atoms with Gasteiger partial charge in [-0.2, -0.15) is 0 Å². The van der Waals surface area contributed by atoms with Crippen LogP contribution in [0.5, 0.6) is 0 Å². The van der Waals surface area contributed by atoms with Gasteiger partial charge >= 0.3 is 0 Å². The highest BCUT2D eigenvalue weighted by atomic mass is 16.5. The maximum Gasteiger partial charge on any atom is 0.0507 e. The van der Waals surface area contributed by atoms with E-state index in [0.717, 1.165) is 37.0 Å². The molecule has 2 nitrogen and oxygen atoms in total. The van der Waals surface area contributed by atoms with Crippen molar-refractivity contribution in [2.24, 2.45) is 17.8 Å². The quantitative estimate of drug-likeness (QED) is 0.774. The zero-order valence-electron chi connectivity index (χ0n) is 10.2. The van der Waals surface area contributed by atoms with Gasteiger partial charge in [-0.1, -0.05) is 13.8 Å². The van der Waals surface area contributed by atoms with Crippen LogP contribution in [-0.2, 0) is 4.74 Å². The molecule has 4 unspecified atom stereocenters. The minimum atomic E-state index is 0.775. The predicted molar refractivity (Wildman–Crippen MR) is 62.9 cm³/mol. The van der Waals surface area contributed by atoms with Gasteiger partial charge in [0, 0.05) is 19.2 Å². The third kappa shape index (κ3) is 3.18. The number of ether oxygens (including phenoxy) is 1. The van der Waals surface area contributed by atoms with Gasteiger partial charge in [-0.25, -0.2) is 0 Å². The van der Waals surface area contributed by atoms with Crippen LogP contribution in [0.2, 0.25) is 0 Å². The Bertz CT molecular complexity index is 189. The Hall–Kier alpha value is -0.0800. The fourth-order valence-electron chi connectivity index (χ4n) is 2.81. The van der Waals surface area contributed by atoms with E-state index in [0.29, 0.717) is 0 Å². The fourth-order valence-corrected chi connectivity index (χ4v) is 2.81. The summed E-state index contributed by atoms with van der Waals surface area (Å²) in [6.45, 7) is 7.92. The summed E-state index contributed by atoms with van der Waals surface area (Å²) in [7, 11) is 0. The molecule has 1 saturated carbocycles. The third-order valence-electron chi connectivity index (χ3n) is 4.32. The van der Waals surface area contributed by atoms with Crippen molar-refractivity contribution < 1.29 is 4.74 Å². The van der Waals surface area contributed by atoms with E-state index in [1.54, 1.807) is 0 Å². The largest absolute Gasteiger partial charge is 0.381 e. The van der Waals surface area contributed by atoms with Crippen molar-refractivity contribution in [1.82, 2.24) is 5.32 Å². The lowest BCUT2D eigenvalue weighted by Gasteiger charge is -2.33. The van der Waals surface area contributed by atoms with Crippen LogP contribution in [-0.4, -0.2) is 25.8 Å². The minimum absolute atomic E-state index is 0.775. The summed E-state index contributed by atoms with van der Waals surface area (Å²) in [5.74, 6) is 2.61. The van der Waals surface area contributed by atoms with Gasteiger partial charge in [-0.05, 0) is 43.4 Å². The molecular formula is C13H25NO. The second-order valence-corrected chi connectivity index (χ2v) is 5.60. The summed E-state index contributed by atoms with van der Waals surface area (Å²) < 4.78 is 5.40. The summed E-state index contributed by atoms with van der Waals surface area (Å²) in [4.78, 5) is 0. The van der Waals surface area contributed by atoms with E-state index in [1.165, 1.54) is 32.2 Å². The zero-order valence-corrected chi connectivity index (χ0v) is 10.2. The molecule has 88 valence electrons. The Balaban J connectivity index is 1.66. The molecule has 1 heterocycles. The molecular weight excluding hydrogens is 186 g/mol. The topological polar surface area (TPSA) is 21.3 Å². The second-order valence-electron chi connectivity index (χ2n) is 5.60. The molecule has 0 amide bonds. The molecule has 1 aliphatic carbocycles. The highest BCUT2D eigenvalue weighted by Crippen LogP contribution is 2.29. The maximum atomic E-state index is 5.40. The Kier molecular flexibility index (Phi) is 4.04. The molecule has 2 rings (SSSR count).